The molecule has 1 aliphatic carbocycles. The molecule has 2 N–H and O–H groups in total. The fourth-order valence-electron chi connectivity index (χ4n) is 3.31. The van der Waals surface area contributed by atoms with Crippen molar-refractivity contribution in [3.63, 3.8) is 0 Å². The molecule has 1 heterocycles. The van der Waals surface area contributed by atoms with Crippen LogP contribution in [0.4, 0.5) is 5.69 Å². The van der Waals surface area contributed by atoms with Crippen molar-refractivity contribution >= 4 is 29.2 Å². The van der Waals surface area contributed by atoms with Gasteiger partial charge in [-0.1, -0.05) is 37.1 Å². The summed E-state index contributed by atoms with van der Waals surface area (Å²) < 4.78 is 0. The highest BCUT2D eigenvalue weighted by Crippen LogP contribution is 2.69. The molecule has 2 unspecified atom stereocenters. The fraction of sp³-hybridized carbons (Fsp3) is 0.375. The third-order valence-corrected chi connectivity index (χ3v) is 4.74. The molecule has 0 bridgehead atoms. The van der Waals surface area contributed by atoms with Gasteiger partial charge in [0, 0.05) is 16.1 Å². The Bertz CT molecular complexity index is 669. The van der Waals surface area contributed by atoms with Crippen LogP contribution in [0, 0.1) is 5.41 Å². The molecule has 1 fully saturated rings. The highest BCUT2D eigenvalue weighted by molar-refractivity contribution is 6.31. The molecule has 21 heavy (non-hydrogen) atoms. The van der Waals surface area contributed by atoms with Crippen LogP contribution < -0.4 is 5.32 Å². The second kappa shape index (κ2) is 4.60. The van der Waals surface area contributed by atoms with Crippen molar-refractivity contribution < 1.29 is 14.7 Å². The lowest BCUT2D eigenvalue weighted by Gasteiger charge is -2.28. The van der Waals surface area contributed by atoms with E-state index in [9.17, 15) is 14.7 Å². The molecule has 1 aliphatic heterocycles. The van der Waals surface area contributed by atoms with Gasteiger partial charge in [-0.15, -0.1) is 0 Å². The van der Waals surface area contributed by atoms with E-state index in [-0.39, 0.29) is 6.42 Å². The molecule has 1 aromatic carbocycles. The minimum Gasteiger partial charge on any atom is -0.480 e. The van der Waals surface area contributed by atoms with Crippen molar-refractivity contribution in [3.8, 4) is 0 Å². The van der Waals surface area contributed by atoms with Gasteiger partial charge in [0.25, 0.3) is 0 Å². The number of carboxylic acid groups (broad SMARTS) is 1. The molecule has 110 valence electrons. The zero-order valence-electron chi connectivity index (χ0n) is 11.6. The van der Waals surface area contributed by atoms with E-state index in [2.05, 4.69) is 12.2 Å². The first-order valence-electron chi connectivity index (χ1n) is 7.00. The van der Waals surface area contributed by atoms with Gasteiger partial charge in [-0.3, -0.25) is 9.59 Å². The molecular formula is C16H16ClNO3. The Kier molecular flexibility index (Phi) is 3.10. The van der Waals surface area contributed by atoms with Crippen LogP contribution in [0.25, 0.3) is 0 Å². The molecule has 5 heteroatoms. The number of amides is 1. The van der Waals surface area contributed by atoms with Gasteiger partial charge < -0.3 is 10.4 Å². The lowest BCUT2D eigenvalue weighted by Crippen LogP contribution is -2.41. The van der Waals surface area contributed by atoms with Crippen molar-refractivity contribution in [2.24, 2.45) is 5.41 Å². The summed E-state index contributed by atoms with van der Waals surface area (Å²) in [6.07, 6.45) is 5.97. The number of nitrogens with one attached hydrogen (secondary N) is 1. The van der Waals surface area contributed by atoms with E-state index in [1.165, 1.54) is 0 Å². The predicted octanol–water partition coefficient (Wildman–Crippen LogP) is 3.36. The number of fused-ring (bicyclic) bond motifs is 3. The quantitative estimate of drug-likeness (QED) is 0.662. The van der Waals surface area contributed by atoms with Crippen LogP contribution in [0.3, 0.4) is 0 Å². The molecule has 4 nitrogen and oxygen atoms in total. The Labute approximate surface area is 127 Å². The summed E-state index contributed by atoms with van der Waals surface area (Å²) in [7, 11) is 0. The Morgan fingerprint density at radius 2 is 2.29 bits per heavy atom. The van der Waals surface area contributed by atoms with Crippen LogP contribution >= 0.6 is 11.6 Å². The zero-order valence-corrected chi connectivity index (χ0v) is 12.4. The highest BCUT2D eigenvalue weighted by atomic mass is 35.5. The number of carboxylic acids is 1. The average Bonchev–Trinajstić information content (AvgIpc) is 3.13. The van der Waals surface area contributed by atoms with Gasteiger partial charge >= 0.3 is 5.97 Å². The van der Waals surface area contributed by atoms with Gasteiger partial charge in [-0.25, -0.2) is 0 Å². The molecule has 2 atom stereocenters. The maximum absolute atomic E-state index is 12.3. The molecule has 0 saturated heterocycles. The normalized spacial score (nSPS) is 29.7. The third-order valence-electron chi connectivity index (χ3n) is 4.50. The number of carbonyl (C=O) groups excluding carboxylic acids is 1. The first-order chi connectivity index (χ1) is 9.98. The van der Waals surface area contributed by atoms with Crippen molar-refractivity contribution in [2.75, 3.05) is 5.32 Å². The van der Waals surface area contributed by atoms with Crippen molar-refractivity contribution in [2.45, 2.75) is 31.6 Å². The lowest BCUT2D eigenvalue weighted by molar-refractivity contribution is -0.148. The molecule has 1 saturated carbocycles. The van der Waals surface area contributed by atoms with Crippen LogP contribution in [0.1, 0.15) is 31.7 Å². The Morgan fingerprint density at radius 1 is 1.52 bits per heavy atom. The van der Waals surface area contributed by atoms with E-state index in [1.807, 2.05) is 12.2 Å². The number of anilines is 1. The largest absolute Gasteiger partial charge is 0.480 e. The van der Waals surface area contributed by atoms with Crippen LogP contribution in [0.2, 0.25) is 5.02 Å². The maximum Gasteiger partial charge on any atom is 0.320 e. The van der Waals surface area contributed by atoms with E-state index >= 15 is 0 Å². The first-order valence-corrected chi connectivity index (χ1v) is 7.38. The number of rotatable bonds is 4. The predicted molar refractivity (Wildman–Crippen MR) is 80.5 cm³/mol. The number of allylic oxidation sites excluding steroid dienone is 2. The molecule has 3 rings (SSSR count). The van der Waals surface area contributed by atoms with E-state index in [0.29, 0.717) is 10.7 Å². The molecule has 1 amide bonds. The van der Waals surface area contributed by atoms with Gasteiger partial charge in [-0.2, -0.15) is 0 Å². The van der Waals surface area contributed by atoms with E-state index in [1.54, 1.807) is 18.2 Å². The second-order valence-corrected chi connectivity index (χ2v) is 6.13. The standard InChI is InChI=1S/C16H16ClNO3/c1-2-3-4-7-15-9-16(15,14(20)21)13(19)18-12-6-5-10(17)8-11(12)15/h4-8H,2-3,9H2,1H3,(H,18,19)(H,20,21)/b7-4+. The van der Waals surface area contributed by atoms with Gasteiger partial charge in [-0.05, 0) is 36.6 Å². The smallest absolute Gasteiger partial charge is 0.320 e. The monoisotopic (exact) mass is 305 g/mol. The summed E-state index contributed by atoms with van der Waals surface area (Å²) in [6.45, 7) is 2.05. The summed E-state index contributed by atoms with van der Waals surface area (Å²) >= 11 is 6.06. The number of halogens is 1. The van der Waals surface area contributed by atoms with E-state index < -0.39 is 22.7 Å². The molecule has 1 aromatic rings. The highest BCUT2D eigenvalue weighted by Gasteiger charge is 2.78. The maximum atomic E-state index is 12.3. The summed E-state index contributed by atoms with van der Waals surface area (Å²) in [5.41, 5.74) is -0.713. The number of aliphatic carboxylic acids is 1. The van der Waals surface area contributed by atoms with Gasteiger partial charge in [0.05, 0.1) is 0 Å². The summed E-state index contributed by atoms with van der Waals surface area (Å²) in [5, 5.41) is 12.8. The van der Waals surface area contributed by atoms with Crippen molar-refractivity contribution in [1.82, 2.24) is 0 Å². The number of hydrogen-bond donors (Lipinski definition) is 2. The average molecular weight is 306 g/mol. The van der Waals surface area contributed by atoms with Gasteiger partial charge in [0.2, 0.25) is 5.91 Å². The number of carbonyl (C=O) groups is 2. The van der Waals surface area contributed by atoms with Crippen LogP contribution in [0.15, 0.2) is 30.4 Å². The van der Waals surface area contributed by atoms with Crippen molar-refractivity contribution in [1.29, 1.82) is 0 Å². The minimum absolute atomic E-state index is 0.286. The molecular weight excluding hydrogens is 290 g/mol. The number of hydrogen-bond acceptors (Lipinski definition) is 2. The molecule has 0 radical (unpaired) electrons. The first kappa shape index (κ1) is 14.1. The number of benzene rings is 1. The Hall–Kier alpha value is -1.81. The minimum atomic E-state index is -1.39. The van der Waals surface area contributed by atoms with Crippen LogP contribution in [-0.2, 0) is 15.0 Å². The van der Waals surface area contributed by atoms with Crippen LogP contribution in [0.5, 0.6) is 0 Å². The third kappa shape index (κ3) is 1.75. The fourth-order valence-corrected chi connectivity index (χ4v) is 3.48. The van der Waals surface area contributed by atoms with Crippen molar-refractivity contribution in [3.05, 3.63) is 40.9 Å². The summed E-state index contributed by atoms with van der Waals surface area (Å²) in [5.74, 6) is -1.52. The van der Waals surface area contributed by atoms with Gasteiger partial charge in [0.1, 0.15) is 0 Å². The summed E-state index contributed by atoms with van der Waals surface area (Å²) in [4.78, 5) is 24.1. The molecule has 0 spiro atoms. The Morgan fingerprint density at radius 3 is 2.95 bits per heavy atom. The Balaban J connectivity index is 2.17. The van der Waals surface area contributed by atoms with Gasteiger partial charge in [0.15, 0.2) is 5.41 Å². The molecule has 2 aliphatic rings. The SMILES string of the molecule is CCC/C=C/C12CC1(C(=O)O)C(=O)Nc1ccc(Cl)cc12. The van der Waals surface area contributed by atoms with E-state index in [0.717, 1.165) is 18.4 Å². The van der Waals surface area contributed by atoms with Crippen LogP contribution in [-0.4, -0.2) is 17.0 Å². The lowest BCUT2D eigenvalue weighted by atomic mass is 9.81. The summed E-state index contributed by atoms with van der Waals surface area (Å²) in [6, 6.07) is 5.19. The topological polar surface area (TPSA) is 66.4 Å². The zero-order chi connectivity index (χ0) is 15.3. The molecule has 0 aromatic heterocycles. The van der Waals surface area contributed by atoms with E-state index in [4.69, 9.17) is 11.6 Å². The second-order valence-electron chi connectivity index (χ2n) is 5.69. The number of unbranched alkanes of at least 4 members (excludes halogenated alkanes) is 1.